The number of hydrogen-bond acceptors (Lipinski definition) is 3. The third-order valence-electron chi connectivity index (χ3n) is 1.02. The summed E-state index contributed by atoms with van der Waals surface area (Å²) < 4.78 is 1.27. The maximum absolute atomic E-state index is 10.2. The van der Waals surface area contributed by atoms with Crippen molar-refractivity contribution >= 4 is 5.97 Å². The zero-order chi connectivity index (χ0) is 7.56. The van der Waals surface area contributed by atoms with Crippen molar-refractivity contribution in [1.82, 2.24) is 9.55 Å². The lowest BCUT2D eigenvalue weighted by Crippen LogP contribution is -1.96. The molecule has 54 valence electrons. The molecule has 1 rings (SSSR count). The standard InChI is InChI=1S/C5H6N2O3/c8-3-7-1-4(5(9)10)6-2-7/h1-2,8H,3H2,(H,9,10). The lowest BCUT2D eigenvalue weighted by atomic mass is 10.5. The fraction of sp³-hybridized carbons (Fsp3) is 0.200. The Bertz CT molecular complexity index is 243. The summed E-state index contributed by atoms with van der Waals surface area (Å²) in [7, 11) is 0. The SMILES string of the molecule is O=C(O)c1cn(CO)cn1. The van der Waals surface area contributed by atoms with Crippen LogP contribution in [0, 0.1) is 0 Å². The smallest absolute Gasteiger partial charge is 0.356 e. The summed E-state index contributed by atoms with van der Waals surface area (Å²) in [4.78, 5) is 13.7. The Hall–Kier alpha value is -1.36. The van der Waals surface area contributed by atoms with Gasteiger partial charge in [0, 0.05) is 6.20 Å². The van der Waals surface area contributed by atoms with Crippen molar-refractivity contribution in [3.63, 3.8) is 0 Å². The topological polar surface area (TPSA) is 75.3 Å². The van der Waals surface area contributed by atoms with Gasteiger partial charge in [-0.3, -0.25) is 0 Å². The second kappa shape index (κ2) is 2.49. The molecule has 0 saturated carbocycles. The quantitative estimate of drug-likeness (QED) is 0.585. The van der Waals surface area contributed by atoms with Crippen LogP contribution in [-0.2, 0) is 6.73 Å². The molecular weight excluding hydrogens is 136 g/mol. The number of imidazole rings is 1. The van der Waals surface area contributed by atoms with Crippen molar-refractivity contribution in [2.75, 3.05) is 0 Å². The fourth-order valence-corrected chi connectivity index (χ4v) is 0.548. The predicted molar refractivity (Wildman–Crippen MR) is 31.4 cm³/mol. The fourth-order valence-electron chi connectivity index (χ4n) is 0.548. The Morgan fingerprint density at radius 2 is 2.50 bits per heavy atom. The molecule has 0 aliphatic rings. The summed E-state index contributed by atoms with van der Waals surface area (Å²) in [6, 6.07) is 0. The number of nitrogens with zero attached hydrogens (tertiary/aromatic N) is 2. The summed E-state index contributed by atoms with van der Waals surface area (Å²) in [5, 5.41) is 16.8. The number of carbonyl (C=O) groups is 1. The van der Waals surface area contributed by atoms with Gasteiger partial charge in [-0.15, -0.1) is 0 Å². The minimum atomic E-state index is -1.09. The zero-order valence-electron chi connectivity index (χ0n) is 5.06. The molecule has 0 bridgehead atoms. The van der Waals surface area contributed by atoms with Crippen LogP contribution in [0.1, 0.15) is 10.5 Å². The van der Waals surface area contributed by atoms with Crippen molar-refractivity contribution in [3.05, 3.63) is 18.2 Å². The van der Waals surface area contributed by atoms with E-state index in [0.29, 0.717) is 0 Å². The van der Waals surface area contributed by atoms with E-state index in [1.165, 1.54) is 17.1 Å². The van der Waals surface area contributed by atoms with Gasteiger partial charge in [0.1, 0.15) is 6.73 Å². The summed E-state index contributed by atoms with van der Waals surface area (Å²) in [6.07, 6.45) is 2.51. The van der Waals surface area contributed by atoms with Gasteiger partial charge < -0.3 is 14.8 Å². The summed E-state index contributed by atoms with van der Waals surface area (Å²) in [5.41, 5.74) is -0.0611. The predicted octanol–water partition coefficient (Wildman–Crippen LogP) is -0.469. The highest BCUT2D eigenvalue weighted by Gasteiger charge is 2.04. The molecule has 0 aliphatic carbocycles. The molecule has 2 N–H and O–H groups in total. The Balaban J connectivity index is 2.88. The number of hydrogen-bond donors (Lipinski definition) is 2. The van der Waals surface area contributed by atoms with Crippen molar-refractivity contribution in [3.8, 4) is 0 Å². The van der Waals surface area contributed by atoms with Crippen LogP contribution in [0.15, 0.2) is 12.5 Å². The summed E-state index contributed by atoms with van der Waals surface area (Å²) >= 11 is 0. The van der Waals surface area contributed by atoms with Gasteiger partial charge in [0.25, 0.3) is 0 Å². The highest BCUT2D eigenvalue weighted by atomic mass is 16.4. The van der Waals surface area contributed by atoms with Gasteiger partial charge in [0.15, 0.2) is 5.69 Å². The zero-order valence-corrected chi connectivity index (χ0v) is 5.06. The van der Waals surface area contributed by atoms with Crippen molar-refractivity contribution in [2.45, 2.75) is 6.73 Å². The van der Waals surface area contributed by atoms with E-state index >= 15 is 0 Å². The summed E-state index contributed by atoms with van der Waals surface area (Å²) in [5.74, 6) is -1.09. The number of aliphatic hydroxyl groups is 1. The molecule has 0 fully saturated rings. The van der Waals surface area contributed by atoms with E-state index in [1.54, 1.807) is 0 Å². The molecule has 0 aromatic carbocycles. The normalized spacial score (nSPS) is 9.70. The molecule has 5 nitrogen and oxygen atoms in total. The average molecular weight is 142 g/mol. The van der Waals surface area contributed by atoms with Gasteiger partial charge in [0.05, 0.1) is 6.33 Å². The van der Waals surface area contributed by atoms with Crippen molar-refractivity contribution < 1.29 is 15.0 Å². The van der Waals surface area contributed by atoms with Crippen LogP contribution < -0.4 is 0 Å². The molecule has 0 radical (unpaired) electrons. The first kappa shape index (κ1) is 6.76. The number of aliphatic hydroxyl groups excluding tert-OH is 1. The largest absolute Gasteiger partial charge is 0.476 e. The second-order valence-electron chi connectivity index (χ2n) is 1.72. The van der Waals surface area contributed by atoms with Crippen LogP contribution in [-0.4, -0.2) is 25.7 Å². The van der Waals surface area contributed by atoms with Crippen molar-refractivity contribution in [1.29, 1.82) is 0 Å². The van der Waals surface area contributed by atoms with Gasteiger partial charge in [-0.2, -0.15) is 0 Å². The number of rotatable bonds is 2. The van der Waals surface area contributed by atoms with Crippen LogP contribution in [0.2, 0.25) is 0 Å². The molecule has 1 heterocycles. The minimum absolute atomic E-state index is 0.0611. The van der Waals surface area contributed by atoms with E-state index in [-0.39, 0.29) is 12.4 Å². The maximum atomic E-state index is 10.2. The van der Waals surface area contributed by atoms with Gasteiger partial charge >= 0.3 is 5.97 Å². The van der Waals surface area contributed by atoms with Crippen LogP contribution >= 0.6 is 0 Å². The first-order valence-electron chi connectivity index (χ1n) is 2.60. The Kier molecular flexibility index (Phi) is 1.68. The van der Waals surface area contributed by atoms with Gasteiger partial charge in [-0.1, -0.05) is 0 Å². The molecule has 0 unspecified atom stereocenters. The van der Waals surface area contributed by atoms with Gasteiger partial charge in [0.2, 0.25) is 0 Å². The first-order chi connectivity index (χ1) is 4.74. The lowest BCUT2D eigenvalue weighted by molar-refractivity contribution is 0.0691. The third kappa shape index (κ3) is 1.14. The van der Waals surface area contributed by atoms with Gasteiger partial charge in [-0.25, -0.2) is 9.78 Å². The van der Waals surface area contributed by atoms with Crippen LogP contribution in [0.3, 0.4) is 0 Å². The average Bonchev–Trinajstić information content (AvgIpc) is 2.34. The lowest BCUT2D eigenvalue weighted by Gasteiger charge is -1.88. The third-order valence-corrected chi connectivity index (χ3v) is 1.02. The molecule has 0 saturated heterocycles. The minimum Gasteiger partial charge on any atom is -0.476 e. The van der Waals surface area contributed by atoms with E-state index in [4.69, 9.17) is 10.2 Å². The van der Waals surface area contributed by atoms with E-state index < -0.39 is 5.97 Å². The van der Waals surface area contributed by atoms with E-state index in [0.717, 1.165) is 0 Å². The number of aromatic nitrogens is 2. The molecule has 1 aromatic rings. The molecular formula is C5H6N2O3. The first-order valence-corrected chi connectivity index (χ1v) is 2.60. The Morgan fingerprint density at radius 1 is 1.80 bits per heavy atom. The van der Waals surface area contributed by atoms with Crippen LogP contribution in [0.25, 0.3) is 0 Å². The number of carboxylic acids is 1. The summed E-state index contributed by atoms with van der Waals surface area (Å²) in [6.45, 7) is -0.250. The number of aromatic carboxylic acids is 1. The highest BCUT2D eigenvalue weighted by Crippen LogP contribution is 1.93. The van der Waals surface area contributed by atoms with E-state index in [1.807, 2.05) is 0 Å². The molecule has 10 heavy (non-hydrogen) atoms. The molecule has 0 atom stereocenters. The van der Waals surface area contributed by atoms with E-state index in [2.05, 4.69) is 4.98 Å². The maximum Gasteiger partial charge on any atom is 0.356 e. The highest BCUT2D eigenvalue weighted by molar-refractivity contribution is 5.84. The van der Waals surface area contributed by atoms with E-state index in [9.17, 15) is 4.79 Å². The molecule has 0 amide bonds. The monoisotopic (exact) mass is 142 g/mol. The molecule has 0 spiro atoms. The molecule has 0 aliphatic heterocycles. The Morgan fingerprint density at radius 3 is 2.80 bits per heavy atom. The van der Waals surface area contributed by atoms with Gasteiger partial charge in [-0.05, 0) is 0 Å². The van der Waals surface area contributed by atoms with Crippen molar-refractivity contribution in [2.24, 2.45) is 0 Å². The molecule has 1 aromatic heterocycles. The van der Waals surface area contributed by atoms with Crippen LogP contribution in [0.4, 0.5) is 0 Å². The molecule has 5 heteroatoms. The number of carboxylic acid groups (broad SMARTS) is 1. The van der Waals surface area contributed by atoms with Crippen LogP contribution in [0.5, 0.6) is 0 Å². The Labute approximate surface area is 56.6 Å². The second-order valence-corrected chi connectivity index (χ2v) is 1.72.